The number of amides is 1. The minimum absolute atomic E-state index is 0.171. The molecular formula is C16H23NO2. The van der Waals surface area contributed by atoms with Crippen molar-refractivity contribution in [3.8, 4) is 0 Å². The van der Waals surface area contributed by atoms with E-state index in [1.54, 1.807) is 0 Å². The Labute approximate surface area is 114 Å². The van der Waals surface area contributed by atoms with Gasteiger partial charge in [0, 0.05) is 24.8 Å². The highest BCUT2D eigenvalue weighted by molar-refractivity contribution is 5.76. The van der Waals surface area contributed by atoms with Gasteiger partial charge in [-0.05, 0) is 37.3 Å². The summed E-state index contributed by atoms with van der Waals surface area (Å²) in [4.78, 5) is 11.8. The van der Waals surface area contributed by atoms with E-state index in [-0.39, 0.29) is 5.91 Å². The summed E-state index contributed by atoms with van der Waals surface area (Å²) in [6.07, 6.45) is 7.32. The van der Waals surface area contributed by atoms with E-state index in [1.165, 1.54) is 19.3 Å². The van der Waals surface area contributed by atoms with Gasteiger partial charge < -0.3 is 9.73 Å². The first-order valence-electron chi connectivity index (χ1n) is 7.60. The Kier molecular flexibility index (Phi) is 3.63. The molecule has 1 aromatic heterocycles. The third-order valence-corrected chi connectivity index (χ3v) is 4.48. The lowest BCUT2D eigenvalue weighted by atomic mass is 10.2. The van der Waals surface area contributed by atoms with Crippen LogP contribution in [0, 0.1) is 5.92 Å². The molecule has 0 bridgehead atoms. The van der Waals surface area contributed by atoms with Crippen LogP contribution in [0.4, 0.5) is 0 Å². The summed E-state index contributed by atoms with van der Waals surface area (Å²) in [7, 11) is 0. The molecule has 0 aromatic carbocycles. The van der Waals surface area contributed by atoms with Crippen LogP contribution in [-0.4, -0.2) is 11.9 Å². The Morgan fingerprint density at radius 2 is 2.11 bits per heavy atom. The van der Waals surface area contributed by atoms with Crippen molar-refractivity contribution in [2.24, 2.45) is 5.92 Å². The number of carbonyl (C=O) groups is 1. The van der Waals surface area contributed by atoms with Gasteiger partial charge in [-0.25, -0.2) is 0 Å². The molecular weight excluding hydrogens is 238 g/mol. The lowest BCUT2D eigenvalue weighted by molar-refractivity contribution is -0.121. The first-order chi connectivity index (χ1) is 9.22. The molecule has 2 atom stereocenters. The SMILES string of the molecule is CC1CC1c1ccc(CCC(=O)NC2CCCC2)o1. The number of nitrogens with one attached hydrogen (secondary N) is 1. The van der Waals surface area contributed by atoms with Gasteiger partial charge in [0.1, 0.15) is 11.5 Å². The fraction of sp³-hybridized carbons (Fsp3) is 0.688. The van der Waals surface area contributed by atoms with Crippen LogP contribution in [0.2, 0.25) is 0 Å². The first-order valence-corrected chi connectivity index (χ1v) is 7.60. The Balaban J connectivity index is 1.43. The average Bonchev–Trinajstić information content (AvgIpc) is 2.87. The molecule has 1 N–H and O–H groups in total. The molecule has 1 amide bonds. The van der Waals surface area contributed by atoms with Crippen LogP contribution >= 0.6 is 0 Å². The maximum Gasteiger partial charge on any atom is 0.220 e. The van der Waals surface area contributed by atoms with E-state index >= 15 is 0 Å². The summed E-state index contributed by atoms with van der Waals surface area (Å²) >= 11 is 0. The predicted octanol–water partition coefficient (Wildman–Crippen LogP) is 3.39. The number of hydrogen-bond acceptors (Lipinski definition) is 2. The van der Waals surface area contributed by atoms with Crippen molar-refractivity contribution in [3.05, 3.63) is 23.7 Å². The molecule has 3 nitrogen and oxygen atoms in total. The highest BCUT2D eigenvalue weighted by Gasteiger charge is 2.36. The minimum atomic E-state index is 0.171. The summed E-state index contributed by atoms with van der Waals surface area (Å²) in [5, 5.41) is 3.12. The van der Waals surface area contributed by atoms with Crippen molar-refractivity contribution < 1.29 is 9.21 Å². The number of aryl methyl sites for hydroxylation is 1. The Morgan fingerprint density at radius 3 is 2.79 bits per heavy atom. The molecule has 1 heterocycles. The number of carbonyl (C=O) groups excluding carboxylic acids is 1. The lowest BCUT2D eigenvalue weighted by Crippen LogP contribution is -2.32. The fourth-order valence-electron chi connectivity index (χ4n) is 3.05. The quantitative estimate of drug-likeness (QED) is 0.882. The van der Waals surface area contributed by atoms with Crippen LogP contribution < -0.4 is 5.32 Å². The van der Waals surface area contributed by atoms with Crippen molar-refractivity contribution >= 4 is 5.91 Å². The van der Waals surface area contributed by atoms with Gasteiger partial charge in [-0.1, -0.05) is 19.8 Å². The van der Waals surface area contributed by atoms with Gasteiger partial charge in [-0.2, -0.15) is 0 Å². The zero-order valence-electron chi connectivity index (χ0n) is 11.7. The maximum atomic E-state index is 11.8. The molecule has 19 heavy (non-hydrogen) atoms. The van der Waals surface area contributed by atoms with E-state index in [9.17, 15) is 4.79 Å². The molecule has 2 unspecified atom stereocenters. The smallest absolute Gasteiger partial charge is 0.220 e. The van der Waals surface area contributed by atoms with Crippen LogP contribution in [0.1, 0.15) is 62.9 Å². The van der Waals surface area contributed by atoms with E-state index in [1.807, 2.05) is 6.07 Å². The molecule has 1 aromatic rings. The number of furan rings is 1. The zero-order chi connectivity index (χ0) is 13.2. The van der Waals surface area contributed by atoms with Crippen LogP contribution in [0.5, 0.6) is 0 Å². The highest BCUT2D eigenvalue weighted by atomic mass is 16.3. The molecule has 0 radical (unpaired) electrons. The van der Waals surface area contributed by atoms with Crippen molar-refractivity contribution in [3.63, 3.8) is 0 Å². The van der Waals surface area contributed by atoms with Gasteiger partial charge >= 0.3 is 0 Å². The predicted molar refractivity (Wildman–Crippen MR) is 73.9 cm³/mol. The second-order valence-electron chi connectivity index (χ2n) is 6.17. The van der Waals surface area contributed by atoms with Crippen molar-refractivity contribution in [1.82, 2.24) is 5.32 Å². The summed E-state index contributed by atoms with van der Waals surface area (Å²) in [6.45, 7) is 2.25. The molecule has 0 saturated heterocycles. The molecule has 2 aliphatic rings. The maximum absolute atomic E-state index is 11.8. The van der Waals surface area contributed by atoms with Gasteiger partial charge in [0.15, 0.2) is 0 Å². The highest BCUT2D eigenvalue weighted by Crippen LogP contribution is 2.47. The number of rotatable bonds is 5. The molecule has 104 valence electrons. The van der Waals surface area contributed by atoms with Gasteiger partial charge in [-0.15, -0.1) is 0 Å². The molecule has 2 aliphatic carbocycles. The summed E-state index contributed by atoms with van der Waals surface area (Å²) in [6, 6.07) is 4.54. The fourth-order valence-corrected chi connectivity index (χ4v) is 3.05. The van der Waals surface area contributed by atoms with Crippen molar-refractivity contribution in [1.29, 1.82) is 0 Å². The van der Waals surface area contributed by atoms with Crippen LogP contribution in [0.3, 0.4) is 0 Å². The molecule has 2 fully saturated rings. The zero-order valence-corrected chi connectivity index (χ0v) is 11.7. The van der Waals surface area contributed by atoms with Crippen LogP contribution in [-0.2, 0) is 11.2 Å². The monoisotopic (exact) mass is 261 g/mol. The van der Waals surface area contributed by atoms with Gasteiger partial charge in [0.05, 0.1) is 0 Å². The molecule has 2 saturated carbocycles. The van der Waals surface area contributed by atoms with Crippen molar-refractivity contribution in [2.45, 2.75) is 63.8 Å². The second-order valence-corrected chi connectivity index (χ2v) is 6.17. The van der Waals surface area contributed by atoms with E-state index in [0.717, 1.165) is 36.7 Å². The topological polar surface area (TPSA) is 42.2 Å². The van der Waals surface area contributed by atoms with E-state index in [0.29, 0.717) is 18.4 Å². The Morgan fingerprint density at radius 1 is 1.37 bits per heavy atom. The molecule has 0 aliphatic heterocycles. The third-order valence-electron chi connectivity index (χ3n) is 4.48. The van der Waals surface area contributed by atoms with E-state index < -0.39 is 0 Å². The average molecular weight is 261 g/mol. The molecule has 3 rings (SSSR count). The minimum Gasteiger partial charge on any atom is -0.466 e. The normalized spacial score (nSPS) is 26.6. The first kappa shape index (κ1) is 12.8. The summed E-state index contributed by atoms with van der Waals surface area (Å²) < 4.78 is 5.82. The Hall–Kier alpha value is -1.25. The molecule has 0 spiro atoms. The van der Waals surface area contributed by atoms with E-state index in [4.69, 9.17) is 4.42 Å². The molecule has 3 heteroatoms. The largest absolute Gasteiger partial charge is 0.466 e. The summed E-state index contributed by atoms with van der Waals surface area (Å²) in [5.41, 5.74) is 0. The third kappa shape index (κ3) is 3.20. The Bertz CT molecular complexity index is 445. The van der Waals surface area contributed by atoms with Gasteiger partial charge in [0.2, 0.25) is 5.91 Å². The summed E-state index contributed by atoms with van der Waals surface area (Å²) in [5.74, 6) is 3.63. The second kappa shape index (κ2) is 5.40. The van der Waals surface area contributed by atoms with Crippen LogP contribution in [0.15, 0.2) is 16.5 Å². The van der Waals surface area contributed by atoms with Gasteiger partial charge in [-0.3, -0.25) is 4.79 Å². The standard InChI is InChI=1S/C16H23NO2/c1-11-10-14(11)15-8-6-13(19-15)7-9-16(18)17-12-4-2-3-5-12/h6,8,11-12,14H,2-5,7,9-10H2,1H3,(H,17,18). The van der Waals surface area contributed by atoms with E-state index in [2.05, 4.69) is 18.3 Å². The lowest BCUT2D eigenvalue weighted by Gasteiger charge is -2.11. The van der Waals surface area contributed by atoms with Gasteiger partial charge in [0.25, 0.3) is 0 Å². The van der Waals surface area contributed by atoms with Crippen LogP contribution in [0.25, 0.3) is 0 Å². The number of hydrogen-bond donors (Lipinski definition) is 1. The van der Waals surface area contributed by atoms with Crippen molar-refractivity contribution in [2.75, 3.05) is 0 Å².